The number of rotatable bonds is 5. The average molecular weight is 363 g/mol. The van der Waals surface area contributed by atoms with Crippen molar-refractivity contribution >= 4 is 24.8 Å². The molecule has 24 heavy (non-hydrogen) atoms. The number of nitrogen functional groups attached to an aromatic ring is 1. The van der Waals surface area contributed by atoms with Crippen LogP contribution in [0, 0.1) is 5.92 Å². The molecule has 1 fully saturated rings. The molecule has 3 rings (SSSR count). The Hall–Kier alpha value is -1.68. The van der Waals surface area contributed by atoms with E-state index in [2.05, 4.69) is 19.5 Å². The molecule has 1 saturated carbocycles. The van der Waals surface area contributed by atoms with Gasteiger partial charge >= 0.3 is 13.9 Å². The van der Waals surface area contributed by atoms with E-state index in [9.17, 15) is 13.3 Å². The largest absolute Gasteiger partial charge is 0.474 e. The molecule has 132 valence electrons. The van der Waals surface area contributed by atoms with Gasteiger partial charge in [0.25, 0.3) is 0 Å². The Kier molecular flexibility index (Phi) is 4.28. The maximum Gasteiger partial charge on any atom is 0.474 e. The second kappa shape index (κ2) is 5.99. The predicted octanol–water partition coefficient (Wildman–Crippen LogP) is 1.84. The molecule has 2 atom stereocenters. The van der Waals surface area contributed by atoms with Crippen LogP contribution in [0.15, 0.2) is 12.7 Å². The first-order valence-corrected chi connectivity index (χ1v) is 8.75. The number of alkyl halides is 2. The van der Waals surface area contributed by atoms with Crippen molar-refractivity contribution in [3.8, 4) is 0 Å². The third kappa shape index (κ3) is 3.69. The fourth-order valence-electron chi connectivity index (χ4n) is 3.17. The third-order valence-electron chi connectivity index (χ3n) is 4.07. The number of nitrogens with zero attached hydrogens (tertiary/aromatic N) is 4. The molecule has 0 amide bonds. The number of nitrogens with two attached hydrogens (primary N) is 1. The first kappa shape index (κ1) is 17.2. The van der Waals surface area contributed by atoms with Crippen LogP contribution in [0.25, 0.3) is 11.2 Å². The average Bonchev–Trinajstić information content (AvgIpc) is 3.02. The summed E-state index contributed by atoms with van der Waals surface area (Å²) in [5.41, 5.74) is 6.71. The maximum atomic E-state index is 13.6. The topological polar surface area (TPSA) is 136 Å². The minimum atomic E-state index is -5.24. The van der Waals surface area contributed by atoms with Gasteiger partial charge in [-0.15, -0.1) is 0 Å². The highest BCUT2D eigenvalue weighted by molar-refractivity contribution is 7.46. The summed E-state index contributed by atoms with van der Waals surface area (Å²) in [6.45, 7) is 0. The van der Waals surface area contributed by atoms with Crippen molar-refractivity contribution in [1.82, 2.24) is 19.5 Å². The van der Waals surface area contributed by atoms with Crippen LogP contribution in [0.3, 0.4) is 0 Å². The molecule has 0 spiro atoms. The number of fused-ring (bicyclic) bond motifs is 1. The van der Waals surface area contributed by atoms with Gasteiger partial charge in [-0.2, -0.15) is 8.78 Å². The standard InChI is InChI=1S/C12H16F2N5O4P/c13-12(14,23-24(20,21)22)4-7-1-2-8(3-7)19-6-18-9-10(15)16-5-17-11(9)19/h5-8H,1-4H2,(H2,15,16,17)(H2,20,21,22). The van der Waals surface area contributed by atoms with Gasteiger partial charge in [-0.25, -0.2) is 24.0 Å². The molecule has 12 heteroatoms. The van der Waals surface area contributed by atoms with E-state index >= 15 is 0 Å². The Morgan fingerprint density at radius 2 is 2.12 bits per heavy atom. The first-order valence-electron chi connectivity index (χ1n) is 7.22. The number of hydrogen-bond acceptors (Lipinski definition) is 6. The number of halogens is 2. The predicted molar refractivity (Wildman–Crippen MR) is 78.8 cm³/mol. The van der Waals surface area contributed by atoms with Gasteiger partial charge in [0.05, 0.1) is 6.33 Å². The summed E-state index contributed by atoms with van der Waals surface area (Å²) in [5, 5.41) is 0. The molecule has 4 N–H and O–H groups in total. The summed E-state index contributed by atoms with van der Waals surface area (Å²) < 4.78 is 43.1. The van der Waals surface area contributed by atoms with Crippen LogP contribution < -0.4 is 5.73 Å². The van der Waals surface area contributed by atoms with Crippen LogP contribution in [0.4, 0.5) is 14.6 Å². The lowest BCUT2D eigenvalue weighted by Crippen LogP contribution is -2.23. The summed E-state index contributed by atoms with van der Waals surface area (Å²) >= 11 is 0. The summed E-state index contributed by atoms with van der Waals surface area (Å²) in [7, 11) is -5.24. The van der Waals surface area contributed by atoms with Crippen LogP contribution >= 0.6 is 7.82 Å². The Morgan fingerprint density at radius 1 is 1.38 bits per heavy atom. The van der Waals surface area contributed by atoms with E-state index in [-0.39, 0.29) is 11.9 Å². The van der Waals surface area contributed by atoms with Crippen LogP contribution in [-0.4, -0.2) is 35.4 Å². The van der Waals surface area contributed by atoms with Gasteiger partial charge in [-0.05, 0) is 25.2 Å². The molecule has 0 bridgehead atoms. The minimum Gasteiger partial charge on any atom is -0.382 e. The van der Waals surface area contributed by atoms with Crippen LogP contribution in [-0.2, 0) is 9.09 Å². The van der Waals surface area contributed by atoms with Crippen LogP contribution in [0.1, 0.15) is 31.7 Å². The molecular formula is C12H16F2N5O4P. The number of phosphoric ester groups is 1. The number of imidazole rings is 1. The number of anilines is 1. The fraction of sp³-hybridized carbons (Fsp3) is 0.583. The molecule has 2 heterocycles. The van der Waals surface area contributed by atoms with Crippen molar-refractivity contribution < 1.29 is 27.7 Å². The van der Waals surface area contributed by atoms with Crippen molar-refractivity contribution in [1.29, 1.82) is 0 Å². The van der Waals surface area contributed by atoms with Gasteiger partial charge in [0.2, 0.25) is 0 Å². The normalized spacial score (nSPS) is 22.3. The molecule has 2 aromatic heterocycles. The second-order valence-corrected chi connectivity index (χ2v) is 7.00. The molecule has 0 radical (unpaired) electrons. The molecule has 1 aliphatic rings. The number of phosphoric acid groups is 1. The Morgan fingerprint density at radius 3 is 2.83 bits per heavy atom. The van der Waals surface area contributed by atoms with Gasteiger partial charge in [0.15, 0.2) is 11.5 Å². The molecule has 2 aromatic rings. The van der Waals surface area contributed by atoms with Crippen molar-refractivity contribution in [2.24, 2.45) is 5.92 Å². The minimum absolute atomic E-state index is 0.0971. The van der Waals surface area contributed by atoms with Crippen molar-refractivity contribution in [3.63, 3.8) is 0 Å². The maximum absolute atomic E-state index is 13.6. The van der Waals surface area contributed by atoms with Gasteiger partial charge in [-0.3, -0.25) is 0 Å². The lowest BCUT2D eigenvalue weighted by Gasteiger charge is -2.20. The van der Waals surface area contributed by atoms with E-state index in [1.165, 1.54) is 6.33 Å². The van der Waals surface area contributed by atoms with Gasteiger partial charge < -0.3 is 20.1 Å². The number of aromatic nitrogens is 4. The van der Waals surface area contributed by atoms with E-state index in [0.717, 1.165) is 0 Å². The summed E-state index contributed by atoms with van der Waals surface area (Å²) in [6.07, 6.45) is -0.273. The van der Waals surface area contributed by atoms with E-state index in [1.807, 2.05) is 0 Å². The van der Waals surface area contributed by atoms with Crippen molar-refractivity contribution in [3.05, 3.63) is 12.7 Å². The quantitative estimate of drug-likeness (QED) is 0.685. The van der Waals surface area contributed by atoms with E-state index < -0.39 is 26.3 Å². The molecular weight excluding hydrogens is 347 g/mol. The smallest absolute Gasteiger partial charge is 0.382 e. The summed E-state index contributed by atoms with van der Waals surface area (Å²) in [6, 6.07) is -0.0971. The van der Waals surface area contributed by atoms with Crippen molar-refractivity contribution in [2.45, 2.75) is 37.8 Å². The van der Waals surface area contributed by atoms with Crippen molar-refractivity contribution in [2.75, 3.05) is 5.73 Å². The summed E-state index contributed by atoms with van der Waals surface area (Å²) in [5.74, 6) is -0.192. The molecule has 0 aromatic carbocycles. The zero-order chi connectivity index (χ0) is 17.5. The molecule has 0 saturated heterocycles. The molecule has 9 nitrogen and oxygen atoms in total. The molecule has 2 unspecified atom stereocenters. The van der Waals surface area contributed by atoms with E-state index in [1.54, 1.807) is 10.9 Å². The van der Waals surface area contributed by atoms with E-state index in [4.69, 9.17) is 15.5 Å². The lowest BCUT2D eigenvalue weighted by atomic mass is 10.0. The molecule has 0 aliphatic heterocycles. The monoisotopic (exact) mass is 363 g/mol. The SMILES string of the molecule is Nc1ncnc2c1ncn2C1CCC(CC(F)(F)OP(=O)(O)O)C1. The highest BCUT2D eigenvalue weighted by Gasteiger charge is 2.42. The Balaban J connectivity index is 1.71. The summed E-state index contributed by atoms with van der Waals surface area (Å²) in [4.78, 5) is 29.2. The zero-order valence-corrected chi connectivity index (χ0v) is 13.3. The van der Waals surface area contributed by atoms with Crippen LogP contribution in [0.2, 0.25) is 0 Å². The molecule has 1 aliphatic carbocycles. The fourth-order valence-corrected chi connectivity index (χ4v) is 3.59. The lowest BCUT2D eigenvalue weighted by molar-refractivity contribution is -0.198. The Labute approximate surface area is 135 Å². The second-order valence-electron chi connectivity index (χ2n) is 5.84. The zero-order valence-electron chi connectivity index (χ0n) is 12.4. The third-order valence-corrected chi connectivity index (χ3v) is 4.58. The highest BCUT2D eigenvalue weighted by atomic mass is 31.2. The van der Waals surface area contributed by atoms with Crippen LogP contribution in [0.5, 0.6) is 0 Å². The van der Waals surface area contributed by atoms with E-state index in [0.29, 0.717) is 30.4 Å². The first-order chi connectivity index (χ1) is 11.1. The van der Waals surface area contributed by atoms with Gasteiger partial charge in [0.1, 0.15) is 11.8 Å². The van der Waals surface area contributed by atoms with Gasteiger partial charge in [-0.1, -0.05) is 0 Å². The highest BCUT2D eigenvalue weighted by Crippen LogP contribution is 2.48. The number of hydrogen-bond donors (Lipinski definition) is 3. The Bertz CT molecular complexity index is 795. The van der Waals surface area contributed by atoms with Gasteiger partial charge in [0, 0.05) is 12.5 Å².